The Bertz CT molecular complexity index is 793. The molecule has 0 bridgehead atoms. The number of nitrogens with one attached hydrogen (secondary N) is 3. The summed E-state index contributed by atoms with van der Waals surface area (Å²) in [5, 5.41) is 12.6. The Hall–Kier alpha value is -2.83. The summed E-state index contributed by atoms with van der Waals surface area (Å²) in [7, 11) is 1.56. The van der Waals surface area contributed by atoms with Crippen LogP contribution in [0.3, 0.4) is 0 Å². The minimum atomic E-state index is -0.282. The SMILES string of the molecule is CNC(=O)Nc1ccc(NC(=O)CCc2c(C)nn(CC(C)C)c2C)cc1. The molecule has 146 valence electrons. The molecule has 1 aromatic carbocycles. The van der Waals surface area contributed by atoms with Gasteiger partial charge in [0.1, 0.15) is 0 Å². The highest BCUT2D eigenvalue weighted by Gasteiger charge is 2.14. The zero-order valence-corrected chi connectivity index (χ0v) is 16.7. The Morgan fingerprint density at radius 3 is 2.22 bits per heavy atom. The standard InChI is InChI=1S/C20H29N5O2/c1-13(2)12-25-15(4)18(14(3)24-25)10-11-19(26)22-16-6-8-17(9-7-16)23-20(27)21-5/h6-9,13H,10-12H2,1-5H3,(H,22,26)(H2,21,23,27). The van der Waals surface area contributed by atoms with Gasteiger partial charge in [-0.3, -0.25) is 9.48 Å². The van der Waals surface area contributed by atoms with Crippen LogP contribution in [0.5, 0.6) is 0 Å². The first kappa shape index (κ1) is 20.5. The molecular weight excluding hydrogens is 342 g/mol. The fourth-order valence-electron chi connectivity index (χ4n) is 2.91. The van der Waals surface area contributed by atoms with Crippen LogP contribution in [-0.4, -0.2) is 28.8 Å². The maximum Gasteiger partial charge on any atom is 0.318 e. The van der Waals surface area contributed by atoms with Gasteiger partial charge in [-0.05, 0) is 56.0 Å². The third-order valence-electron chi connectivity index (χ3n) is 4.33. The second-order valence-electron chi connectivity index (χ2n) is 7.05. The number of hydrogen-bond donors (Lipinski definition) is 3. The Labute approximate surface area is 160 Å². The highest BCUT2D eigenvalue weighted by atomic mass is 16.2. The molecule has 3 N–H and O–H groups in total. The first-order valence-corrected chi connectivity index (χ1v) is 9.21. The number of carbonyl (C=O) groups excluding carboxylic acids is 2. The van der Waals surface area contributed by atoms with E-state index in [0.29, 0.717) is 30.1 Å². The summed E-state index contributed by atoms with van der Waals surface area (Å²) in [5.74, 6) is 0.484. The van der Waals surface area contributed by atoms with E-state index < -0.39 is 0 Å². The van der Waals surface area contributed by atoms with Crippen LogP contribution in [0, 0.1) is 19.8 Å². The highest BCUT2D eigenvalue weighted by molar-refractivity contribution is 5.92. The van der Waals surface area contributed by atoms with Crippen LogP contribution in [0.25, 0.3) is 0 Å². The van der Waals surface area contributed by atoms with Gasteiger partial charge in [-0.1, -0.05) is 13.8 Å². The van der Waals surface area contributed by atoms with Crippen LogP contribution in [-0.2, 0) is 17.8 Å². The molecule has 1 aromatic heterocycles. The van der Waals surface area contributed by atoms with Crippen LogP contribution in [0.15, 0.2) is 24.3 Å². The molecule has 0 unspecified atom stereocenters. The van der Waals surface area contributed by atoms with Crippen molar-refractivity contribution in [2.45, 2.75) is 47.1 Å². The summed E-state index contributed by atoms with van der Waals surface area (Å²) in [4.78, 5) is 23.6. The molecule has 0 aliphatic heterocycles. The van der Waals surface area contributed by atoms with Crippen LogP contribution < -0.4 is 16.0 Å². The lowest BCUT2D eigenvalue weighted by molar-refractivity contribution is -0.116. The number of carbonyl (C=O) groups is 2. The molecular formula is C20H29N5O2. The Balaban J connectivity index is 1.91. The van der Waals surface area contributed by atoms with Gasteiger partial charge in [-0.15, -0.1) is 0 Å². The van der Waals surface area contributed by atoms with Crippen molar-refractivity contribution < 1.29 is 9.59 Å². The molecule has 0 fully saturated rings. The topological polar surface area (TPSA) is 88.1 Å². The highest BCUT2D eigenvalue weighted by Crippen LogP contribution is 2.18. The number of amides is 3. The second kappa shape index (κ2) is 9.21. The van der Waals surface area contributed by atoms with Gasteiger partial charge < -0.3 is 16.0 Å². The van der Waals surface area contributed by atoms with Gasteiger partial charge >= 0.3 is 6.03 Å². The zero-order chi connectivity index (χ0) is 20.0. The molecule has 0 radical (unpaired) electrons. The molecule has 1 heterocycles. The zero-order valence-electron chi connectivity index (χ0n) is 16.7. The minimum absolute atomic E-state index is 0.0441. The summed E-state index contributed by atoms with van der Waals surface area (Å²) in [6.07, 6.45) is 1.06. The van der Waals surface area contributed by atoms with Crippen LogP contribution >= 0.6 is 0 Å². The summed E-state index contributed by atoms with van der Waals surface area (Å²) >= 11 is 0. The number of aryl methyl sites for hydroxylation is 1. The second-order valence-corrected chi connectivity index (χ2v) is 7.05. The number of aromatic nitrogens is 2. The van der Waals surface area contributed by atoms with E-state index in [0.717, 1.165) is 23.5 Å². The lowest BCUT2D eigenvalue weighted by Crippen LogP contribution is -2.24. The van der Waals surface area contributed by atoms with Crippen molar-refractivity contribution in [3.63, 3.8) is 0 Å². The van der Waals surface area contributed by atoms with E-state index in [1.165, 1.54) is 0 Å². The first-order valence-electron chi connectivity index (χ1n) is 9.21. The van der Waals surface area contributed by atoms with Crippen molar-refractivity contribution in [2.75, 3.05) is 17.7 Å². The van der Waals surface area contributed by atoms with Gasteiger partial charge in [-0.25, -0.2) is 4.79 Å². The average molecular weight is 371 g/mol. The van der Waals surface area contributed by atoms with Crippen LogP contribution in [0.4, 0.5) is 16.2 Å². The number of anilines is 2. The Morgan fingerprint density at radius 1 is 1.07 bits per heavy atom. The fourth-order valence-corrected chi connectivity index (χ4v) is 2.91. The molecule has 0 atom stereocenters. The van der Waals surface area contributed by atoms with Crippen molar-refractivity contribution in [1.82, 2.24) is 15.1 Å². The van der Waals surface area contributed by atoms with Gasteiger partial charge in [-0.2, -0.15) is 5.10 Å². The third kappa shape index (κ3) is 5.84. The first-order chi connectivity index (χ1) is 12.8. The predicted molar refractivity (Wildman–Crippen MR) is 108 cm³/mol. The van der Waals surface area contributed by atoms with Crippen molar-refractivity contribution in [2.24, 2.45) is 5.92 Å². The van der Waals surface area contributed by atoms with Crippen molar-refractivity contribution >= 4 is 23.3 Å². The lowest BCUT2D eigenvalue weighted by Gasteiger charge is -2.09. The van der Waals surface area contributed by atoms with E-state index in [4.69, 9.17) is 0 Å². The third-order valence-corrected chi connectivity index (χ3v) is 4.33. The number of hydrogen-bond acceptors (Lipinski definition) is 3. The molecule has 0 spiro atoms. The molecule has 0 aliphatic rings. The Morgan fingerprint density at radius 2 is 1.67 bits per heavy atom. The predicted octanol–water partition coefficient (Wildman–Crippen LogP) is 3.48. The average Bonchev–Trinajstić information content (AvgIpc) is 2.87. The number of urea groups is 1. The van der Waals surface area contributed by atoms with Crippen molar-refractivity contribution in [1.29, 1.82) is 0 Å². The van der Waals surface area contributed by atoms with Gasteiger partial charge in [0.25, 0.3) is 0 Å². The molecule has 27 heavy (non-hydrogen) atoms. The van der Waals surface area contributed by atoms with Crippen LogP contribution in [0.1, 0.15) is 37.2 Å². The van der Waals surface area contributed by atoms with Gasteiger partial charge in [0, 0.05) is 37.1 Å². The minimum Gasteiger partial charge on any atom is -0.341 e. The summed E-state index contributed by atoms with van der Waals surface area (Å²) in [5.41, 5.74) is 4.64. The molecule has 3 amide bonds. The monoisotopic (exact) mass is 371 g/mol. The summed E-state index contributed by atoms with van der Waals surface area (Å²) in [6.45, 7) is 9.27. The molecule has 7 heteroatoms. The van der Waals surface area contributed by atoms with E-state index in [1.807, 2.05) is 11.6 Å². The quantitative estimate of drug-likeness (QED) is 0.696. The maximum atomic E-state index is 12.3. The number of nitrogens with zero attached hydrogens (tertiary/aromatic N) is 2. The van der Waals surface area contributed by atoms with Crippen molar-refractivity contribution in [3.05, 3.63) is 41.2 Å². The largest absolute Gasteiger partial charge is 0.341 e. The fraction of sp³-hybridized carbons (Fsp3) is 0.450. The van der Waals surface area contributed by atoms with E-state index in [9.17, 15) is 9.59 Å². The smallest absolute Gasteiger partial charge is 0.318 e. The van der Waals surface area contributed by atoms with Crippen LogP contribution in [0.2, 0.25) is 0 Å². The van der Waals surface area contributed by atoms with Gasteiger partial charge in [0.15, 0.2) is 0 Å². The molecule has 2 rings (SSSR count). The van der Waals surface area contributed by atoms with E-state index >= 15 is 0 Å². The summed E-state index contributed by atoms with van der Waals surface area (Å²) < 4.78 is 2.03. The number of rotatable bonds is 7. The van der Waals surface area contributed by atoms with Gasteiger partial charge in [0.05, 0.1) is 5.69 Å². The molecule has 0 aliphatic carbocycles. The normalized spacial score (nSPS) is 10.7. The molecule has 2 aromatic rings. The van der Waals surface area contributed by atoms with E-state index in [1.54, 1.807) is 31.3 Å². The molecule has 0 saturated heterocycles. The molecule has 0 saturated carbocycles. The molecule has 7 nitrogen and oxygen atoms in total. The Kier molecular flexibility index (Phi) is 6.98. The van der Waals surface area contributed by atoms with E-state index in [-0.39, 0.29) is 11.9 Å². The maximum absolute atomic E-state index is 12.3. The van der Waals surface area contributed by atoms with E-state index in [2.05, 4.69) is 41.8 Å². The van der Waals surface area contributed by atoms with Crippen molar-refractivity contribution in [3.8, 4) is 0 Å². The lowest BCUT2D eigenvalue weighted by atomic mass is 10.1. The summed E-state index contributed by atoms with van der Waals surface area (Å²) in [6, 6.07) is 6.74. The van der Waals surface area contributed by atoms with Gasteiger partial charge in [0.2, 0.25) is 5.91 Å². The number of benzene rings is 1.